The van der Waals surface area contributed by atoms with Gasteiger partial charge in [0.05, 0.1) is 0 Å². The molecule has 2 N–H and O–H groups in total. The molecule has 1 aromatic heterocycles. The number of carbonyl (C=O) groups is 1. The number of aromatic nitrogens is 2. The Balaban J connectivity index is 1.55. The van der Waals surface area contributed by atoms with Crippen LogP contribution >= 0.6 is 11.6 Å². The van der Waals surface area contributed by atoms with Crippen molar-refractivity contribution in [3.63, 3.8) is 0 Å². The molecule has 0 radical (unpaired) electrons. The number of benzene rings is 1. The molecule has 0 aliphatic carbocycles. The first kappa shape index (κ1) is 16.5. The van der Waals surface area contributed by atoms with Gasteiger partial charge in [-0.2, -0.15) is 0 Å². The zero-order valence-corrected chi connectivity index (χ0v) is 14.1. The van der Waals surface area contributed by atoms with Crippen LogP contribution in [0.2, 0.25) is 5.02 Å². The lowest BCUT2D eigenvalue weighted by Crippen LogP contribution is -2.31. The normalized spacial score (nSPS) is 14.3. The summed E-state index contributed by atoms with van der Waals surface area (Å²) >= 11 is 5.84. The van der Waals surface area contributed by atoms with Crippen molar-refractivity contribution < 1.29 is 4.79 Å². The van der Waals surface area contributed by atoms with Crippen molar-refractivity contribution in [2.75, 3.05) is 23.3 Å². The molecule has 1 saturated heterocycles. The first-order valence-corrected chi connectivity index (χ1v) is 8.45. The molecule has 2 aromatic rings. The van der Waals surface area contributed by atoms with E-state index in [0.717, 1.165) is 24.5 Å². The Morgan fingerprint density at radius 2 is 1.88 bits per heavy atom. The molecule has 3 rings (SSSR count). The standard InChI is InChI=1S/C17H20ClN5O/c18-14-6-4-13(5-7-14)11-19-17(24)22-15-10-16(21-12-20-15)23-8-2-1-3-9-23/h4-7,10,12H,1-3,8-9,11H2,(H2,19,20,21,22,24). The fraction of sp³-hybridized carbons (Fsp3) is 0.353. The largest absolute Gasteiger partial charge is 0.356 e. The maximum Gasteiger partial charge on any atom is 0.320 e. The predicted octanol–water partition coefficient (Wildman–Crippen LogP) is 3.44. The quantitative estimate of drug-likeness (QED) is 0.890. The molecule has 1 fully saturated rings. The molecule has 1 aromatic carbocycles. The predicted molar refractivity (Wildman–Crippen MR) is 95.4 cm³/mol. The lowest BCUT2D eigenvalue weighted by atomic mass is 10.1. The minimum Gasteiger partial charge on any atom is -0.356 e. The average molecular weight is 346 g/mol. The highest BCUT2D eigenvalue weighted by Crippen LogP contribution is 2.19. The number of nitrogens with one attached hydrogen (secondary N) is 2. The minimum atomic E-state index is -0.298. The second kappa shape index (κ2) is 7.97. The van der Waals surface area contributed by atoms with E-state index in [1.165, 1.54) is 25.6 Å². The van der Waals surface area contributed by atoms with E-state index in [1.807, 2.05) is 18.2 Å². The first-order valence-electron chi connectivity index (χ1n) is 8.07. The van der Waals surface area contributed by atoms with Gasteiger partial charge in [-0.1, -0.05) is 23.7 Å². The van der Waals surface area contributed by atoms with Gasteiger partial charge in [0.15, 0.2) is 0 Å². The second-order valence-electron chi connectivity index (χ2n) is 5.74. The minimum absolute atomic E-state index is 0.298. The Labute approximate surface area is 146 Å². The molecule has 2 amide bonds. The molecule has 6 nitrogen and oxygen atoms in total. The number of hydrogen-bond donors (Lipinski definition) is 2. The van der Waals surface area contributed by atoms with Crippen LogP contribution in [0.4, 0.5) is 16.4 Å². The average Bonchev–Trinajstić information content (AvgIpc) is 2.62. The molecule has 1 aliphatic rings. The van der Waals surface area contributed by atoms with Gasteiger partial charge < -0.3 is 10.2 Å². The number of halogens is 1. The van der Waals surface area contributed by atoms with Gasteiger partial charge in [0.2, 0.25) is 0 Å². The van der Waals surface area contributed by atoms with Crippen LogP contribution in [0.1, 0.15) is 24.8 Å². The lowest BCUT2D eigenvalue weighted by Gasteiger charge is -2.27. The summed E-state index contributed by atoms with van der Waals surface area (Å²) in [7, 11) is 0. The first-order chi connectivity index (χ1) is 11.7. The molecule has 0 bridgehead atoms. The van der Waals surface area contributed by atoms with Gasteiger partial charge in [0, 0.05) is 30.7 Å². The molecule has 126 valence electrons. The van der Waals surface area contributed by atoms with Gasteiger partial charge in [-0.3, -0.25) is 5.32 Å². The number of anilines is 2. The summed E-state index contributed by atoms with van der Waals surface area (Å²) in [6.07, 6.45) is 5.10. The highest BCUT2D eigenvalue weighted by atomic mass is 35.5. The number of carbonyl (C=O) groups excluding carboxylic acids is 1. The van der Waals surface area contributed by atoms with Crippen molar-refractivity contribution in [2.24, 2.45) is 0 Å². The van der Waals surface area contributed by atoms with Gasteiger partial charge in [-0.15, -0.1) is 0 Å². The molecule has 0 saturated carbocycles. The fourth-order valence-corrected chi connectivity index (χ4v) is 2.78. The summed E-state index contributed by atoms with van der Waals surface area (Å²) in [5.41, 5.74) is 0.978. The number of urea groups is 1. The number of piperidine rings is 1. The Bertz CT molecular complexity index is 686. The highest BCUT2D eigenvalue weighted by molar-refractivity contribution is 6.30. The highest BCUT2D eigenvalue weighted by Gasteiger charge is 2.13. The van der Waals surface area contributed by atoms with Gasteiger partial charge >= 0.3 is 6.03 Å². The van der Waals surface area contributed by atoms with E-state index in [2.05, 4.69) is 25.5 Å². The topological polar surface area (TPSA) is 70.2 Å². The van der Waals surface area contributed by atoms with E-state index in [-0.39, 0.29) is 6.03 Å². The number of nitrogens with zero attached hydrogens (tertiary/aromatic N) is 3. The monoisotopic (exact) mass is 345 g/mol. The molecular weight excluding hydrogens is 326 g/mol. The van der Waals surface area contributed by atoms with E-state index in [0.29, 0.717) is 17.4 Å². The number of amides is 2. The molecule has 0 atom stereocenters. The van der Waals surface area contributed by atoms with E-state index >= 15 is 0 Å². The third-order valence-corrected chi connectivity index (χ3v) is 4.19. The zero-order chi connectivity index (χ0) is 16.8. The van der Waals surface area contributed by atoms with Crippen LogP contribution in [0.5, 0.6) is 0 Å². The summed E-state index contributed by atoms with van der Waals surface area (Å²) in [4.78, 5) is 22.7. The van der Waals surface area contributed by atoms with Crippen LogP contribution in [0.3, 0.4) is 0 Å². The Morgan fingerprint density at radius 3 is 2.62 bits per heavy atom. The maximum atomic E-state index is 12.0. The summed E-state index contributed by atoms with van der Waals surface area (Å²) in [6, 6.07) is 8.86. The van der Waals surface area contributed by atoms with Crippen molar-refractivity contribution >= 4 is 29.3 Å². The lowest BCUT2D eigenvalue weighted by molar-refractivity contribution is 0.251. The number of hydrogen-bond acceptors (Lipinski definition) is 4. The third-order valence-electron chi connectivity index (χ3n) is 3.94. The SMILES string of the molecule is O=C(NCc1ccc(Cl)cc1)Nc1cc(N2CCCCC2)ncn1. The van der Waals surface area contributed by atoms with Crippen LogP contribution in [-0.2, 0) is 6.54 Å². The van der Waals surface area contributed by atoms with Crippen molar-refractivity contribution in [2.45, 2.75) is 25.8 Å². The van der Waals surface area contributed by atoms with Crippen molar-refractivity contribution in [1.82, 2.24) is 15.3 Å². The van der Waals surface area contributed by atoms with Crippen molar-refractivity contribution in [3.8, 4) is 0 Å². The van der Waals surface area contributed by atoms with Crippen LogP contribution < -0.4 is 15.5 Å². The van der Waals surface area contributed by atoms with E-state index < -0.39 is 0 Å². The Morgan fingerprint density at radius 1 is 1.12 bits per heavy atom. The van der Waals surface area contributed by atoms with Gasteiger partial charge in [0.25, 0.3) is 0 Å². The fourth-order valence-electron chi connectivity index (χ4n) is 2.66. The zero-order valence-electron chi connectivity index (χ0n) is 13.3. The molecule has 0 spiro atoms. The summed E-state index contributed by atoms with van der Waals surface area (Å²) in [5.74, 6) is 1.36. The maximum absolute atomic E-state index is 12.0. The van der Waals surface area contributed by atoms with E-state index in [4.69, 9.17) is 11.6 Å². The number of rotatable bonds is 4. The van der Waals surface area contributed by atoms with E-state index in [1.54, 1.807) is 12.1 Å². The van der Waals surface area contributed by atoms with Crippen LogP contribution in [-0.4, -0.2) is 29.1 Å². The Kier molecular flexibility index (Phi) is 5.48. The third kappa shape index (κ3) is 4.58. The summed E-state index contributed by atoms with van der Waals surface area (Å²) in [6.45, 7) is 2.42. The van der Waals surface area contributed by atoms with Crippen molar-refractivity contribution in [1.29, 1.82) is 0 Å². The van der Waals surface area contributed by atoms with Crippen LogP contribution in [0.25, 0.3) is 0 Å². The summed E-state index contributed by atoms with van der Waals surface area (Å²) < 4.78 is 0. The van der Waals surface area contributed by atoms with Gasteiger partial charge in [0.1, 0.15) is 18.0 Å². The van der Waals surface area contributed by atoms with Gasteiger partial charge in [-0.05, 0) is 37.0 Å². The van der Waals surface area contributed by atoms with Crippen molar-refractivity contribution in [3.05, 3.63) is 47.2 Å². The van der Waals surface area contributed by atoms with Crippen LogP contribution in [0.15, 0.2) is 36.7 Å². The molecular formula is C17H20ClN5O. The smallest absolute Gasteiger partial charge is 0.320 e. The Hall–Kier alpha value is -2.34. The molecule has 1 aliphatic heterocycles. The van der Waals surface area contributed by atoms with E-state index in [9.17, 15) is 4.79 Å². The molecule has 24 heavy (non-hydrogen) atoms. The molecule has 0 unspecified atom stereocenters. The van der Waals surface area contributed by atoms with Crippen LogP contribution in [0, 0.1) is 0 Å². The molecule has 7 heteroatoms. The second-order valence-corrected chi connectivity index (χ2v) is 6.18. The summed E-state index contributed by atoms with van der Waals surface area (Å²) in [5, 5.41) is 6.22. The van der Waals surface area contributed by atoms with Gasteiger partial charge in [-0.25, -0.2) is 14.8 Å². The molecule has 2 heterocycles.